The summed E-state index contributed by atoms with van der Waals surface area (Å²) in [6, 6.07) is 0. The van der Waals surface area contributed by atoms with Crippen LogP contribution >= 0.6 is 0 Å². The van der Waals surface area contributed by atoms with E-state index in [2.05, 4.69) is 6.92 Å². The van der Waals surface area contributed by atoms with Crippen LogP contribution in [-0.2, 0) is 19.1 Å². The molecule has 1 aliphatic carbocycles. The quantitative estimate of drug-likeness (QED) is 0.408. The smallest absolute Gasteiger partial charge is 0.313 e. The van der Waals surface area contributed by atoms with Gasteiger partial charge in [-0.05, 0) is 39.5 Å². The zero-order valence-electron chi connectivity index (χ0n) is 13.2. The van der Waals surface area contributed by atoms with Crippen LogP contribution in [0.5, 0.6) is 0 Å². The molecule has 20 heavy (non-hydrogen) atoms. The van der Waals surface area contributed by atoms with Crippen molar-refractivity contribution in [2.75, 3.05) is 0 Å². The summed E-state index contributed by atoms with van der Waals surface area (Å²) in [7, 11) is 0. The Morgan fingerprint density at radius 2 is 1.95 bits per heavy atom. The monoisotopic (exact) mass is 284 g/mol. The molecule has 0 spiro atoms. The lowest BCUT2D eigenvalue weighted by atomic mass is 9.98. The minimum atomic E-state index is -0.497. The van der Waals surface area contributed by atoms with Crippen molar-refractivity contribution in [3.63, 3.8) is 0 Å². The summed E-state index contributed by atoms with van der Waals surface area (Å²) in [6.07, 6.45) is 5.93. The van der Waals surface area contributed by atoms with Crippen molar-refractivity contribution in [2.45, 2.75) is 77.9 Å². The Kier molecular flexibility index (Phi) is 6.50. The predicted molar refractivity (Wildman–Crippen MR) is 77.1 cm³/mol. The second kappa shape index (κ2) is 7.65. The van der Waals surface area contributed by atoms with Gasteiger partial charge in [-0.1, -0.05) is 32.6 Å². The molecule has 0 aromatic rings. The van der Waals surface area contributed by atoms with Gasteiger partial charge >= 0.3 is 5.97 Å². The normalized spacial score (nSPS) is 26.3. The molecule has 1 saturated carbocycles. The first-order chi connectivity index (χ1) is 9.37. The van der Waals surface area contributed by atoms with Gasteiger partial charge < -0.3 is 9.47 Å². The topological polar surface area (TPSA) is 52.6 Å². The number of hydrogen-bond acceptors (Lipinski definition) is 4. The molecule has 0 radical (unpaired) electrons. The second-order valence-electron chi connectivity index (χ2n) is 6.74. The van der Waals surface area contributed by atoms with Gasteiger partial charge in [0.25, 0.3) is 6.47 Å². The molecular formula is C16H28O4. The average Bonchev–Trinajstić information content (AvgIpc) is 2.71. The van der Waals surface area contributed by atoms with Gasteiger partial charge in [0.1, 0.15) is 11.7 Å². The molecule has 3 atom stereocenters. The zero-order valence-corrected chi connectivity index (χ0v) is 13.2. The van der Waals surface area contributed by atoms with Crippen LogP contribution in [0.4, 0.5) is 0 Å². The van der Waals surface area contributed by atoms with E-state index in [4.69, 9.17) is 9.47 Å². The molecule has 0 saturated heterocycles. The molecule has 0 heterocycles. The van der Waals surface area contributed by atoms with E-state index in [1.165, 1.54) is 19.3 Å². The van der Waals surface area contributed by atoms with Gasteiger partial charge in [0.05, 0.1) is 5.92 Å². The number of unbranched alkanes of at least 4 members (excludes halogenated alkanes) is 2. The summed E-state index contributed by atoms with van der Waals surface area (Å²) in [6.45, 7) is 8.20. The van der Waals surface area contributed by atoms with Crippen molar-refractivity contribution in [2.24, 2.45) is 11.8 Å². The summed E-state index contributed by atoms with van der Waals surface area (Å²) < 4.78 is 10.5. The third-order valence-corrected chi connectivity index (χ3v) is 3.76. The molecule has 0 aromatic carbocycles. The Morgan fingerprint density at radius 3 is 2.50 bits per heavy atom. The van der Waals surface area contributed by atoms with Crippen LogP contribution in [0.1, 0.15) is 66.2 Å². The number of esters is 1. The van der Waals surface area contributed by atoms with E-state index in [9.17, 15) is 9.59 Å². The summed E-state index contributed by atoms with van der Waals surface area (Å²) in [5.74, 6) is -0.0718. The van der Waals surface area contributed by atoms with Gasteiger partial charge in [-0.3, -0.25) is 9.59 Å². The number of carbonyl (C=O) groups is 2. The van der Waals surface area contributed by atoms with Gasteiger partial charge in [0, 0.05) is 0 Å². The number of rotatable bonds is 7. The Hall–Kier alpha value is -1.06. The molecule has 0 aliphatic heterocycles. The summed E-state index contributed by atoms with van der Waals surface area (Å²) >= 11 is 0. The molecule has 116 valence electrons. The third-order valence-electron chi connectivity index (χ3n) is 3.76. The Morgan fingerprint density at radius 1 is 1.25 bits per heavy atom. The first-order valence-electron chi connectivity index (χ1n) is 7.69. The third kappa shape index (κ3) is 5.51. The molecule has 0 bridgehead atoms. The van der Waals surface area contributed by atoms with E-state index < -0.39 is 5.60 Å². The van der Waals surface area contributed by atoms with Crippen LogP contribution in [-0.4, -0.2) is 24.1 Å². The average molecular weight is 284 g/mol. The molecule has 1 rings (SSSR count). The summed E-state index contributed by atoms with van der Waals surface area (Å²) in [4.78, 5) is 22.8. The van der Waals surface area contributed by atoms with E-state index in [0.717, 1.165) is 19.3 Å². The predicted octanol–water partition coefficient (Wildman–Crippen LogP) is 3.48. The Labute approximate surface area is 122 Å². The highest BCUT2D eigenvalue weighted by Crippen LogP contribution is 2.37. The molecule has 0 N–H and O–H groups in total. The maximum atomic E-state index is 12.2. The lowest BCUT2D eigenvalue weighted by molar-refractivity contribution is -0.164. The van der Waals surface area contributed by atoms with Crippen molar-refractivity contribution >= 4 is 12.4 Å². The first kappa shape index (κ1) is 17.0. The van der Waals surface area contributed by atoms with E-state index in [1.807, 2.05) is 20.8 Å². The van der Waals surface area contributed by atoms with Crippen molar-refractivity contribution in [3.8, 4) is 0 Å². The van der Waals surface area contributed by atoms with Crippen LogP contribution < -0.4 is 0 Å². The molecule has 0 aromatic heterocycles. The highest BCUT2D eigenvalue weighted by atomic mass is 16.6. The molecule has 1 fully saturated rings. The Bertz CT molecular complexity index is 319. The van der Waals surface area contributed by atoms with E-state index in [-0.39, 0.29) is 18.0 Å². The lowest BCUT2D eigenvalue weighted by Crippen LogP contribution is -2.33. The minimum Gasteiger partial charge on any atom is -0.464 e. The zero-order chi connectivity index (χ0) is 15.2. The fourth-order valence-electron chi connectivity index (χ4n) is 2.87. The van der Waals surface area contributed by atoms with Crippen LogP contribution in [0.3, 0.4) is 0 Å². The molecule has 4 heteroatoms. The van der Waals surface area contributed by atoms with Gasteiger partial charge in [-0.15, -0.1) is 0 Å². The molecular weight excluding hydrogens is 256 g/mol. The molecule has 1 aliphatic rings. The minimum absolute atomic E-state index is 0.234. The largest absolute Gasteiger partial charge is 0.464 e. The SMILES string of the molecule is CCCCCC1CC(OC=O)[C@@H](C(=O)OC(C)(C)C)C1. The fraction of sp³-hybridized carbons (Fsp3) is 0.875. The fourth-order valence-corrected chi connectivity index (χ4v) is 2.87. The summed E-state index contributed by atoms with van der Waals surface area (Å²) in [5.41, 5.74) is -0.497. The van der Waals surface area contributed by atoms with E-state index in [1.54, 1.807) is 0 Å². The van der Waals surface area contributed by atoms with Gasteiger partial charge in [0.2, 0.25) is 0 Å². The highest BCUT2D eigenvalue weighted by molar-refractivity contribution is 5.74. The molecule has 4 nitrogen and oxygen atoms in total. The standard InChI is InChI=1S/C16H28O4/c1-5-6-7-8-12-9-13(14(10-12)19-11-17)15(18)20-16(2,3)4/h11-14H,5-10H2,1-4H3/t12?,13-,14?/m0/s1. The molecule has 2 unspecified atom stereocenters. The maximum absolute atomic E-state index is 12.2. The lowest BCUT2D eigenvalue weighted by Gasteiger charge is -2.24. The number of ether oxygens (including phenoxy) is 2. The van der Waals surface area contributed by atoms with Crippen molar-refractivity contribution in [1.82, 2.24) is 0 Å². The van der Waals surface area contributed by atoms with E-state index >= 15 is 0 Å². The van der Waals surface area contributed by atoms with Crippen molar-refractivity contribution in [3.05, 3.63) is 0 Å². The van der Waals surface area contributed by atoms with Crippen LogP contribution in [0, 0.1) is 11.8 Å². The molecule has 0 amide bonds. The second-order valence-corrected chi connectivity index (χ2v) is 6.74. The number of hydrogen-bond donors (Lipinski definition) is 0. The van der Waals surface area contributed by atoms with Crippen LogP contribution in [0.25, 0.3) is 0 Å². The Balaban J connectivity index is 2.57. The van der Waals surface area contributed by atoms with Gasteiger partial charge in [-0.25, -0.2) is 0 Å². The van der Waals surface area contributed by atoms with Crippen LogP contribution in [0.2, 0.25) is 0 Å². The van der Waals surface area contributed by atoms with Crippen molar-refractivity contribution in [1.29, 1.82) is 0 Å². The highest BCUT2D eigenvalue weighted by Gasteiger charge is 2.41. The maximum Gasteiger partial charge on any atom is 0.313 e. The first-order valence-corrected chi connectivity index (χ1v) is 7.69. The van der Waals surface area contributed by atoms with Crippen molar-refractivity contribution < 1.29 is 19.1 Å². The van der Waals surface area contributed by atoms with E-state index in [0.29, 0.717) is 12.4 Å². The van der Waals surface area contributed by atoms with Crippen LogP contribution in [0.15, 0.2) is 0 Å². The summed E-state index contributed by atoms with van der Waals surface area (Å²) in [5, 5.41) is 0. The van der Waals surface area contributed by atoms with Gasteiger partial charge in [-0.2, -0.15) is 0 Å². The number of carbonyl (C=O) groups excluding carboxylic acids is 2. The van der Waals surface area contributed by atoms with Gasteiger partial charge in [0.15, 0.2) is 0 Å².